The Labute approximate surface area is 180 Å². The smallest absolute Gasteiger partial charge is 0.119 e. The number of anilines is 3. The fraction of sp³-hybridized carbons (Fsp3) is 0.308. The van der Waals surface area contributed by atoms with E-state index in [9.17, 15) is 0 Å². The maximum Gasteiger partial charge on any atom is 0.119 e. The highest BCUT2D eigenvalue weighted by Gasteiger charge is 2.11. The summed E-state index contributed by atoms with van der Waals surface area (Å²) in [5, 5.41) is 2.07. The number of hydrogen-bond donors (Lipinski definition) is 1. The van der Waals surface area contributed by atoms with Crippen LogP contribution in [0, 0.1) is 0 Å². The van der Waals surface area contributed by atoms with Crippen LogP contribution in [0.2, 0.25) is 0 Å². The Bertz CT molecular complexity index is 795. The molecule has 0 fully saturated rings. The van der Waals surface area contributed by atoms with Gasteiger partial charge >= 0.3 is 0 Å². The van der Waals surface area contributed by atoms with Crippen LogP contribution in [0.3, 0.4) is 0 Å². The van der Waals surface area contributed by atoms with Crippen molar-refractivity contribution in [2.45, 2.75) is 39.5 Å². The van der Waals surface area contributed by atoms with E-state index in [2.05, 4.69) is 60.7 Å². The van der Waals surface area contributed by atoms with E-state index in [4.69, 9.17) is 9.47 Å². The molecule has 4 nitrogen and oxygen atoms in total. The van der Waals surface area contributed by atoms with Gasteiger partial charge in [-0.15, -0.1) is 0 Å². The molecule has 30 heavy (non-hydrogen) atoms. The van der Waals surface area contributed by atoms with Crippen molar-refractivity contribution in [2.24, 2.45) is 0 Å². The van der Waals surface area contributed by atoms with Crippen molar-refractivity contribution in [3.8, 4) is 11.5 Å². The van der Waals surface area contributed by atoms with Crippen LogP contribution in [0.25, 0.3) is 0 Å². The van der Waals surface area contributed by atoms with Crippen molar-refractivity contribution in [3.63, 3.8) is 0 Å². The Hall–Kier alpha value is -3.14. The highest BCUT2D eigenvalue weighted by molar-refractivity contribution is 5.69. The highest BCUT2D eigenvalue weighted by Crippen LogP contribution is 2.29. The van der Waals surface area contributed by atoms with Crippen molar-refractivity contribution in [1.29, 1.82) is 0 Å². The molecule has 0 aliphatic rings. The van der Waals surface area contributed by atoms with Crippen LogP contribution < -0.4 is 19.9 Å². The number of hydrogen-bond acceptors (Lipinski definition) is 4. The van der Waals surface area contributed by atoms with Gasteiger partial charge in [0.25, 0.3) is 0 Å². The Morgan fingerprint density at radius 3 is 1.53 bits per heavy atom. The van der Waals surface area contributed by atoms with E-state index in [1.807, 2.05) is 42.5 Å². The lowest BCUT2D eigenvalue weighted by atomic mass is 10.2. The van der Waals surface area contributed by atoms with Gasteiger partial charge in [0.15, 0.2) is 0 Å². The zero-order valence-electron chi connectivity index (χ0n) is 18.0. The zero-order chi connectivity index (χ0) is 21.0. The lowest BCUT2D eigenvalue weighted by Crippen LogP contribution is -2.24. The predicted molar refractivity (Wildman–Crippen MR) is 126 cm³/mol. The second-order valence-electron chi connectivity index (χ2n) is 7.21. The lowest BCUT2D eigenvalue weighted by Gasteiger charge is -2.27. The Balaban J connectivity index is 1.78. The molecule has 4 heteroatoms. The minimum absolute atomic E-state index is 0.751. The highest BCUT2D eigenvalue weighted by atomic mass is 16.5. The molecule has 158 valence electrons. The van der Waals surface area contributed by atoms with Crippen LogP contribution in [0.5, 0.6) is 11.5 Å². The molecule has 0 atom stereocenters. The SMILES string of the molecule is CCCCOc1ccc(N(Nc2ccccc2)c2ccc(OCCCC)cc2)cc1. The average molecular weight is 405 g/mol. The monoisotopic (exact) mass is 404 g/mol. The van der Waals surface area contributed by atoms with Gasteiger partial charge in [0.1, 0.15) is 11.5 Å². The Morgan fingerprint density at radius 1 is 0.633 bits per heavy atom. The summed E-state index contributed by atoms with van der Waals surface area (Å²) in [6.45, 7) is 5.84. The standard InChI is InChI=1S/C26H32N2O2/c1-3-5-20-29-25-16-12-23(13-17-25)28(27-22-10-8-7-9-11-22)24-14-18-26(19-15-24)30-21-6-4-2/h7-19,27H,3-6,20-21H2,1-2H3. The number of para-hydroxylation sites is 1. The number of unbranched alkanes of at least 4 members (excludes halogenated alkanes) is 2. The van der Waals surface area contributed by atoms with Crippen LogP contribution in [0.4, 0.5) is 17.1 Å². The molecule has 1 N–H and O–H groups in total. The number of ether oxygens (including phenoxy) is 2. The second-order valence-corrected chi connectivity index (χ2v) is 7.21. The summed E-state index contributed by atoms with van der Waals surface area (Å²) in [4.78, 5) is 0. The summed E-state index contributed by atoms with van der Waals surface area (Å²) in [5.41, 5.74) is 6.58. The first-order chi connectivity index (χ1) is 14.8. The molecule has 0 saturated carbocycles. The molecule has 3 aromatic rings. The van der Waals surface area contributed by atoms with Gasteiger partial charge in [-0.2, -0.15) is 0 Å². The molecule has 0 saturated heterocycles. The quantitative estimate of drug-likeness (QED) is 0.255. The first-order valence-corrected chi connectivity index (χ1v) is 10.9. The second kappa shape index (κ2) is 11.8. The summed E-state index contributed by atoms with van der Waals surface area (Å²) in [6, 6.07) is 26.5. The summed E-state index contributed by atoms with van der Waals surface area (Å²) < 4.78 is 11.6. The fourth-order valence-corrected chi connectivity index (χ4v) is 2.97. The average Bonchev–Trinajstić information content (AvgIpc) is 2.80. The lowest BCUT2D eigenvalue weighted by molar-refractivity contribution is 0.309. The molecule has 0 bridgehead atoms. The van der Waals surface area contributed by atoms with Gasteiger partial charge in [0.2, 0.25) is 0 Å². The third kappa shape index (κ3) is 6.45. The minimum atomic E-state index is 0.751. The molecule has 3 aromatic carbocycles. The molecule has 0 heterocycles. The van der Waals surface area contributed by atoms with E-state index in [1.165, 1.54) is 0 Å². The maximum absolute atomic E-state index is 5.81. The summed E-state index contributed by atoms with van der Waals surface area (Å²) in [7, 11) is 0. The molecular weight excluding hydrogens is 372 g/mol. The van der Waals surface area contributed by atoms with Gasteiger partial charge in [-0.25, -0.2) is 0 Å². The maximum atomic E-state index is 5.81. The minimum Gasteiger partial charge on any atom is -0.494 e. The van der Waals surface area contributed by atoms with Crippen LogP contribution in [0.1, 0.15) is 39.5 Å². The van der Waals surface area contributed by atoms with E-state index in [1.54, 1.807) is 0 Å². The molecule has 0 spiro atoms. The summed E-state index contributed by atoms with van der Waals surface area (Å²) >= 11 is 0. The van der Waals surface area contributed by atoms with Crippen LogP contribution in [0.15, 0.2) is 78.9 Å². The van der Waals surface area contributed by atoms with E-state index >= 15 is 0 Å². The fourth-order valence-electron chi connectivity index (χ4n) is 2.97. The van der Waals surface area contributed by atoms with Crippen LogP contribution in [-0.2, 0) is 0 Å². The normalized spacial score (nSPS) is 10.5. The van der Waals surface area contributed by atoms with Gasteiger partial charge in [-0.1, -0.05) is 44.9 Å². The number of hydrazine groups is 1. The van der Waals surface area contributed by atoms with Gasteiger partial charge in [0, 0.05) is 0 Å². The Morgan fingerprint density at radius 2 is 1.10 bits per heavy atom. The molecule has 0 aliphatic heterocycles. The van der Waals surface area contributed by atoms with Gasteiger partial charge in [-0.3, -0.25) is 10.4 Å². The van der Waals surface area contributed by atoms with Gasteiger partial charge < -0.3 is 9.47 Å². The molecule has 0 aliphatic carbocycles. The van der Waals surface area contributed by atoms with Crippen molar-refractivity contribution in [3.05, 3.63) is 78.9 Å². The van der Waals surface area contributed by atoms with Gasteiger partial charge in [0.05, 0.1) is 30.3 Å². The number of benzene rings is 3. The molecule has 0 radical (unpaired) electrons. The van der Waals surface area contributed by atoms with E-state index in [0.717, 1.165) is 67.5 Å². The van der Waals surface area contributed by atoms with Crippen molar-refractivity contribution < 1.29 is 9.47 Å². The number of nitrogens with one attached hydrogen (secondary N) is 1. The van der Waals surface area contributed by atoms with E-state index in [0.29, 0.717) is 0 Å². The molecule has 3 rings (SSSR count). The third-order valence-electron chi connectivity index (χ3n) is 4.74. The topological polar surface area (TPSA) is 33.7 Å². The van der Waals surface area contributed by atoms with E-state index < -0.39 is 0 Å². The number of rotatable bonds is 12. The first kappa shape index (κ1) is 21.6. The van der Waals surface area contributed by atoms with Crippen molar-refractivity contribution >= 4 is 17.1 Å². The zero-order valence-corrected chi connectivity index (χ0v) is 18.0. The molecular formula is C26H32N2O2. The van der Waals surface area contributed by atoms with Crippen molar-refractivity contribution in [2.75, 3.05) is 23.6 Å². The predicted octanol–water partition coefficient (Wildman–Crippen LogP) is 7.21. The molecule has 0 unspecified atom stereocenters. The van der Waals surface area contributed by atoms with Crippen molar-refractivity contribution in [1.82, 2.24) is 0 Å². The van der Waals surface area contributed by atoms with Crippen LogP contribution in [-0.4, -0.2) is 13.2 Å². The summed E-state index contributed by atoms with van der Waals surface area (Å²) in [6.07, 6.45) is 4.39. The van der Waals surface area contributed by atoms with Crippen LogP contribution >= 0.6 is 0 Å². The molecule has 0 amide bonds. The largest absolute Gasteiger partial charge is 0.494 e. The number of nitrogens with zero attached hydrogens (tertiary/aromatic N) is 1. The van der Waals surface area contributed by atoms with Gasteiger partial charge in [-0.05, 0) is 73.5 Å². The van der Waals surface area contributed by atoms with E-state index in [-0.39, 0.29) is 0 Å². The third-order valence-corrected chi connectivity index (χ3v) is 4.74. The summed E-state index contributed by atoms with van der Waals surface area (Å²) in [5.74, 6) is 1.79. The first-order valence-electron chi connectivity index (χ1n) is 10.9. The Kier molecular flexibility index (Phi) is 8.46. The molecule has 0 aromatic heterocycles.